The Morgan fingerprint density at radius 1 is 1.22 bits per heavy atom. The fourth-order valence-electron chi connectivity index (χ4n) is 3.61. The lowest BCUT2D eigenvalue weighted by atomic mass is 10.0. The zero-order valence-electron chi connectivity index (χ0n) is 17.5. The zero-order valence-corrected chi connectivity index (χ0v) is 18.3. The summed E-state index contributed by atoms with van der Waals surface area (Å²) in [4.78, 5) is 49.9. The summed E-state index contributed by atoms with van der Waals surface area (Å²) in [7, 11) is -2.29. The van der Waals surface area contributed by atoms with Crippen molar-refractivity contribution in [2.24, 2.45) is 0 Å². The van der Waals surface area contributed by atoms with E-state index in [1.165, 1.54) is 13.1 Å². The normalized spacial score (nSPS) is 18.7. The van der Waals surface area contributed by atoms with E-state index in [0.29, 0.717) is 12.8 Å². The molecular weight excluding hydrogens is 438 g/mol. The maximum absolute atomic E-state index is 12.8. The van der Waals surface area contributed by atoms with Crippen LogP contribution in [0.5, 0.6) is 0 Å². The number of carbonyl (C=O) groups is 4. The Kier molecular flexibility index (Phi) is 7.02. The van der Waals surface area contributed by atoms with Crippen molar-refractivity contribution in [3.8, 4) is 6.07 Å². The van der Waals surface area contributed by atoms with Gasteiger partial charge in [0.15, 0.2) is 0 Å². The molecule has 32 heavy (non-hydrogen) atoms. The molecule has 3 rings (SSSR count). The molecule has 1 saturated heterocycles. The number of nitrogens with zero attached hydrogens (tertiary/aromatic N) is 3. The third kappa shape index (κ3) is 4.85. The van der Waals surface area contributed by atoms with Gasteiger partial charge in [-0.3, -0.25) is 29.4 Å². The number of rotatable bonds is 9. The molecule has 0 saturated carbocycles. The van der Waals surface area contributed by atoms with Crippen LogP contribution in [0.2, 0.25) is 0 Å². The molecule has 4 amide bonds. The van der Waals surface area contributed by atoms with Crippen molar-refractivity contribution in [1.29, 1.82) is 5.26 Å². The molecule has 1 unspecified atom stereocenters. The third-order valence-electron chi connectivity index (χ3n) is 5.38. The van der Waals surface area contributed by atoms with Crippen molar-refractivity contribution in [2.75, 3.05) is 20.1 Å². The van der Waals surface area contributed by atoms with E-state index >= 15 is 0 Å². The minimum Gasteiger partial charge on any atom is -0.295 e. The average Bonchev–Trinajstić information content (AvgIpc) is 2.99. The van der Waals surface area contributed by atoms with Gasteiger partial charge in [0.05, 0.1) is 17.2 Å². The number of aryl methyl sites for hydroxylation is 1. The van der Waals surface area contributed by atoms with Gasteiger partial charge in [0.1, 0.15) is 6.04 Å². The van der Waals surface area contributed by atoms with Crippen LogP contribution < -0.4 is 10.0 Å². The van der Waals surface area contributed by atoms with Crippen molar-refractivity contribution in [2.45, 2.75) is 38.1 Å². The van der Waals surface area contributed by atoms with Gasteiger partial charge in [-0.2, -0.15) is 18.0 Å². The van der Waals surface area contributed by atoms with Crippen LogP contribution in [-0.2, 0) is 26.2 Å². The second kappa shape index (κ2) is 9.56. The summed E-state index contributed by atoms with van der Waals surface area (Å²) >= 11 is 0. The van der Waals surface area contributed by atoms with Gasteiger partial charge in [-0.15, -0.1) is 0 Å². The largest absolute Gasteiger partial charge is 0.295 e. The van der Waals surface area contributed by atoms with E-state index in [-0.39, 0.29) is 43.5 Å². The summed E-state index contributed by atoms with van der Waals surface area (Å²) in [6, 6.07) is 5.66. The molecule has 0 spiro atoms. The van der Waals surface area contributed by atoms with Crippen molar-refractivity contribution in [1.82, 2.24) is 19.2 Å². The molecule has 11 nitrogen and oxygen atoms in total. The first-order valence-corrected chi connectivity index (χ1v) is 11.5. The number of amides is 4. The SMILES string of the molecule is CN(CCC#N)S(=O)(=O)NCCCc1ccc2c(c1)C(=O)N(C1CCC(=O)NC1=O)C2=O. The fraction of sp³-hybridized carbons (Fsp3) is 0.450. The molecule has 12 heteroatoms. The van der Waals surface area contributed by atoms with Gasteiger partial charge >= 0.3 is 0 Å². The molecule has 0 aromatic heterocycles. The van der Waals surface area contributed by atoms with Crippen molar-refractivity contribution >= 4 is 33.8 Å². The first-order valence-electron chi connectivity index (χ1n) is 10.1. The molecule has 0 radical (unpaired) electrons. The summed E-state index contributed by atoms with van der Waals surface area (Å²) < 4.78 is 27.7. The highest BCUT2D eigenvalue weighted by atomic mass is 32.2. The van der Waals surface area contributed by atoms with Crippen LogP contribution in [0, 0.1) is 11.3 Å². The van der Waals surface area contributed by atoms with Crippen molar-refractivity contribution in [3.05, 3.63) is 34.9 Å². The highest BCUT2D eigenvalue weighted by Crippen LogP contribution is 2.28. The lowest BCUT2D eigenvalue weighted by Crippen LogP contribution is -2.54. The highest BCUT2D eigenvalue weighted by molar-refractivity contribution is 7.87. The Hall–Kier alpha value is -3.14. The predicted octanol–water partition coefficient (Wildman–Crippen LogP) is -0.300. The van der Waals surface area contributed by atoms with Gasteiger partial charge in [0.2, 0.25) is 11.8 Å². The zero-order chi connectivity index (χ0) is 23.5. The Morgan fingerprint density at radius 3 is 2.62 bits per heavy atom. The molecule has 0 aliphatic carbocycles. The van der Waals surface area contributed by atoms with Crippen LogP contribution in [0.15, 0.2) is 18.2 Å². The molecule has 2 N–H and O–H groups in total. The number of imide groups is 2. The van der Waals surface area contributed by atoms with Crippen LogP contribution in [0.3, 0.4) is 0 Å². The van der Waals surface area contributed by atoms with E-state index in [4.69, 9.17) is 5.26 Å². The molecule has 1 fully saturated rings. The number of piperidine rings is 1. The van der Waals surface area contributed by atoms with Crippen LogP contribution in [0.25, 0.3) is 0 Å². The molecule has 2 aliphatic rings. The Bertz CT molecular complexity index is 1110. The van der Waals surface area contributed by atoms with Gasteiger partial charge < -0.3 is 0 Å². The maximum atomic E-state index is 12.8. The van der Waals surface area contributed by atoms with E-state index in [0.717, 1.165) is 14.8 Å². The van der Waals surface area contributed by atoms with E-state index in [2.05, 4.69) is 10.0 Å². The molecule has 0 bridgehead atoms. The van der Waals surface area contributed by atoms with E-state index in [1.54, 1.807) is 12.1 Å². The monoisotopic (exact) mass is 461 g/mol. The Labute approximate surface area is 185 Å². The van der Waals surface area contributed by atoms with Crippen molar-refractivity contribution in [3.63, 3.8) is 0 Å². The number of nitrogens with one attached hydrogen (secondary N) is 2. The van der Waals surface area contributed by atoms with Gasteiger partial charge in [-0.25, -0.2) is 4.72 Å². The number of fused-ring (bicyclic) bond motifs is 1. The number of carbonyl (C=O) groups excluding carboxylic acids is 4. The topological polar surface area (TPSA) is 157 Å². The lowest BCUT2D eigenvalue weighted by Gasteiger charge is -2.27. The van der Waals surface area contributed by atoms with Crippen LogP contribution in [0.1, 0.15) is 52.0 Å². The minimum absolute atomic E-state index is 0.0523. The first-order chi connectivity index (χ1) is 15.2. The number of benzene rings is 1. The van der Waals surface area contributed by atoms with E-state index in [1.807, 2.05) is 6.07 Å². The van der Waals surface area contributed by atoms with E-state index in [9.17, 15) is 27.6 Å². The van der Waals surface area contributed by atoms with Crippen molar-refractivity contribution < 1.29 is 27.6 Å². The number of hydrogen-bond acceptors (Lipinski definition) is 7. The van der Waals surface area contributed by atoms with Crippen LogP contribution in [-0.4, -0.2) is 67.4 Å². The number of hydrogen-bond donors (Lipinski definition) is 2. The summed E-state index contributed by atoms with van der Waals surface area (Å²) in [5.74, 6) is -2.25. The standard InChI is InChI=1S/C20H23N5O6S/c1-24(11-3-9-21)32(30,31)22-10-2-4-13-5-6-14-15(12-13)20(29)25(19(14)28)16-7-8-17(26)23-18(16)27/h5-6,12,16,22H,2-4,7-8,10-11H2,1H3,(H,23,26,27). The number of nitriles is 1. The van der Waals surface area contributed by atoms with Gasteiger partial charge in [-0.05, 0) is 37.0 Å². The molecule has 2 aliphatic heterocycles. The van der Waals surface area contributed by atoms with E-state index < -0.39 is 39.9 Å². The molecule has 1 aromatic rings. The highest BCUT2D eigenvalue weighted by Gasteiger charge is 2.44. The molecule has 1 aromatic carbocycles. The summed E-state index contributed by atoms with van der Waals surface area (Å²) in [5, 5.41) is 10.7. The maximum Gasteiger partial charge on any atom is 0.279 e. The molecule has 2 heterocycles. The second-order valence-electron chi connectivity index (χ2n) is 7.56. The molecule has 170 valence electrons. The summed E-state index contributed by atoms with van der Waals surface area (Å²) in [5.41, 5.74) is 1.13. The van der Waals surface area contributed by atoms with Gasteiger partial charge in [0, 0.05) is 33.0 Å². The average molecular weight is 462 g/mol. The van der Waals surface area contributed by atoms with Gasteiger partial charge in [0.25, 0.3) is 22.0 Å². The lowest BCUT2D eigenvalue weighted by molar-refractivity contribution is -0.136. The fourth-order valence-corrected chi connectivity index (χ4v) is 4.56. The molecular formula is C20H23N5O6S. The second-order valence-corrected chi connectivity index (χ2v) is 9.42. The minimum atomic E-state index is -3.68. The third-order valence-corrected chi connectivity index (χ3v) is 6.95. The Balaban J connectivity index is 1.61. The van der Waals surface area contributed by atoms with Gasteiger partial charge in [-0.1, -0.05) is 6.07 Å². The quantitative estimate of drug-likeness (QED) is 0.377. The first kappa shape index (κ1) is 23.5. The van der Waals surface area contributed by atoms with Crippen LogP contribution in [0.4, 0.5) is 0 Å². The smallest absolute Gasteiger partial charge is 0.279 e. The Morgan fingerprint density at radius 2 is 1.94 bits per heavy atom. The summed E-state index contributed by atoms with van der Waals surface area (Å²) in [6.45, 7) is 0.252. The molecule has 1 atom stereocenters. The predicted molar refractivity (Wildman–Crippen MR) is 111 cm³/mol. The van der Waals surface area contributed by atoms with Crippen LogP contribution >= 0.6 is 0 Å². The summed E-state index contributed by atoms with van der Waals surface area (Å²) in [6.07, 6.45) is 1.14.